The Hall–Kier alpha value is -0.970. The number of methoxy groups -OCH3 is 1. The van der Waals surface area contributed by atoms with Gasteiger partial charge in [-0.3, -0.25) is 0 Å². The van der Waals surface area contributed by atoms with Crippen LogP contribution in [0, 0.1) is 0 Å². The summed E-state index contributed by atoms with van der Waals surface area (Å²) in [6, 6.07) is 2.60. The van der Waals surface area contributed by atoms with Crippen molar-refractivity contribution in [3.05, 3.63) is 27.7 Å². The molecule has 0 aromatic heterocycles. The molecule has 0 saturated heterocycles. The van der Waals surface area contributed by atoms with Crippen molar-refractivity contribution in [3.63, 3.8) is 0 Å². The lowest BCUT2D eigenvalue weighted by atomic mass is 10.1. The maximum atomic E-state index is 12.1. The molecular weight excluding hydrogens is 301 g/mol. The van der Waals surface area contributed by atoms with E-state index in [4.69, 9.17) is 32.7 Å². The van der Waals surface area contributed by atoms with Crippen molar-refractivity contribution in [2.45, 2.75) is 26.3 Å². The Bertz CT molecular complexity index is 466. The summed E-state index contributed by atoms with van der Waals surface area (Å²) in [5.41, 5.74) is 0.619. The fraction of sp³-hybridized carbons (Fsp3) is 0.500. The zero-order valence-electron chi connectivity index (χ0n) is 11.8. The van der Waals surface area contributed by atoms with E-state index in [1.54, 1.807) is 19.1 Å². The Kier molecular flexibility index (Phi) is 7.13. The minimum Gasteiger partial charge on any atom is -0.496 e. The van der Waals surface area contributed by atoms with Gasteiger partial charge >= 0.3 is 5.97 Å². The molecule has 4 nitrogen and oxygen atoms in total. The second-order valence-corrected chi connectivity index (χ2v) is 4.96. The van der Waals surface area contributed by atoms with Crippen LogP contribution in [-0.2, 0) is 9.53 Å². The van der Waals surface area contributed by atoms with Crippen molar-refractivity contribution in [2.75, 3.05) is 20.3 Å². The van der Waals surface area contributed by atoms with E-state index in [2.05, 4.69) is 5.32 Å². The fourth-order valence-corrected chi connectivity index (χ4v) is 2.11. The van der Waals surface area contributed by atoms with Gasteiger partial charge in [-0.05, 0) is 26.0 Å². The Morgan fingerprint density at radius 2 is 1.95 bits per heavy atom. The predicted molar refractivity (Wildman–Crippen MR) is 80.7 cm³/mol. The molecule has 20 heavy (non-hydrogen) atoms. The van der Waals surface area contributed by atoms with Crippen LogP contribution in [0.1, 0.15) is 31.9 Å². The first-order valence-corrected chi connectivity index (χ1v) is 7.23. The van der Waals surface area contributed by atoms with Crippen molar-refractivity contribution in [2.24, 2.45) is 0 Å². The molecule has 0 bridgehead atoms. The molecule has 0 spiro atoms. The molecule has 0 aliphatic heterocycles. The number of ether oxygens (including phenoxy) is 2. The highest BCUT2D eigenvalue weighted by atomic mass is 35.5. The molecule has 0 heterocycles. The average Bonchev–Trinajstić information content (AvgIpc) is 2.43. The number of halogens is 2. The van der Waals surface area contributed by atoms with Gasteiger partial charge in [0.25, 0.3) is 0 Å². The third-order valence-corrected chi connectivity index (χ3v) is 3.43. The number of carbonyl (C=O) groups is 1. The smallest absolute Gasteiger partial charge is 0.327 e. The number of hydrogen-bond donors (Lipinski definition) is 1. The topological polar surface area (TPSA) is 47.6 Å². The highest BCUT2D eigenvalue weighted by Gasteiger charge is 2.25. The van der Waals surface area contributed by atoms with Crippen molar-refractivity contribution in [1.29, 1.82) is 0 Å². The van der Waals surface area contributed by atoms with Crippen molar-refractivity contribution >= 4 is 29.2 Å². The van der Waals surface area contributed by atoms with Crippen LogP contribution in [-0.4, -0.2) is 26.2 Å². The molecular formula is C14H19Cl2NO3. The predicted octanol–water partition coefficient (Wildman–Crippen LogP) is 3.61. The van der Waals surface area contributed by atoms with Gasteiger partial charge in [-0.1, -0.05) is 30.1 Å². The lowest BCUT2D eigenvalue weighted by Crippen LogP contribution is -2.31. The van der Waals surface area contributed by atoms with Crippen LogP contribution in [0.2, 0.25) is 10.0 Å². The molecule has 6 heteroatoms. The zero-order valence-corrected chi connectivity index (χ0v) is 13.3. The summed E-state index contributed by atoms with van der Waals surface area (Å²) in [7, 11) is 1.52. The largest absolute Gasteiger partial charge is 0.496 e. The van der Waals surface area contributed by atoms with Crippen molar-refractivity contribution in [1.82, 2.24) is 5.32 Å². The number of benzene rings is 1. The van der Waals surface area contributed by atoms with Crippen molar-refractivity contribution in [3.8, 4) is 5.75 Å². The molecule has 0 aliphatic carbocycles. The van der Waals surface area contributed by atoms with Crippen LogP contribution in [0.15, 0.2) is 12.1 Å². The Labute approximate surface area is 129 Å². The Morgan fingerprint density at radius 3 is 2.50 bits per heavy atom. The summed E-state index contributed by atoms with van der Waals surface area (Å²) in [5, 5.41) is 3.89. The van der Waals surface area contributed by atoms with Gasteiger partial charge in [0.1, 0.15) is 11.8 Å². The first kappa shape index (κ1) is 17.1. The molecule has 1 rings (SSSR count). The molecule has 0 amide bonds. The number of nitrogens with one attached hydrogen (secondary N) is 1. The van der Waals surface area contributed by atoms with E-state index in [0.717, 1.165) is 6.42 Å². The first-order chi connectivity index (χ1) is 9.54. The number of hydrogen-bond acceptors (Lipinski definition) is 4. The summed E-state index contributed by atoms with van der Waals surface area (Å²) < 4.78 is 10.4. The van der Waals surface area contributed by atoms with Crippen LogP contribution < -0.4 is 10.1 Å². The van der Waals surface area contributed by atoms with Crippen LogP contribution in [0.4, 0.5) is 0 Å². The number of rotatable bonds is 7. The quantitative estimate of drug-likeness (QED) is 0.780. The van der Waals surface area contributed by atoms with E-state index in [9.17, 15) is 4.79 Å². The second kappa shape index (κ2) is 8.35. The SMILES string of the molecule is CCCNC(C(=O)OCC)c1cc(Cl)c(Cl)cc1OC. The van der Waals surface area contributed by atoms with Gasteiger partial charge in [-0.25, -0.2) is 4.79 Å². The molecule has 1 atom stereocenters. The maximum Gasteiger partial charge on any atom is 0.327 e. The monoisotopic (exact) mass is 319 g/mol. The second-order valence-electron chi connectivity index (χ2n) is 4.15. The van der Waals surface area contributed by atoms with Gasteiger partial charge in [0.2, 0.25) is 0 Å². The third-order valence-electron chi connectivity index (χ3n) is 2.70. The summed E-state index contributed by atoms with van der Waals surface area (Å²) in [6.45, 7) is 4.77. The number of carbonyl (C=O) groups excluding carboxylic acids is 1. The van der Waals surface area contributed by atoms with Crippen LogP contribution in [0.25, 0.3) is 0 Å². The van der Waals surface area contributed by atoms with E-state index in [1.807, 2.05) is 6.92 Å². The van der Waals surface area contributed by atoms with Gasteiger partial charge in [-0.15, -0.1) is 0 Å². The van der Waals surface area contributed by atoms with Gasteiger partial charge in [0.05, 0.1) is 23.8 Å². The normalized spacial score (nSPS) is 12.1. The van der Waals surface area contributed by atoms with E-state index in [-0.39, 0.29) is 5.97 Å². The third kappa shape index (κ3) is 4.27. The van der Waals surface area contributed by atoms with E-state index in [0.29, 0.717) is 34.5 Å². The van der Waals surface area contributed by atoms with Crippen molar-refractivity contribution < 1.29 is 14.3 Å². The summed E-state index contributed by atoms with van der Waals surface area (Å²) in [6.07, 6.45) is 0.888. The molecule has 0 saturated carbocycles. The molecule has 1 aromatic carbocycles. The van der Waals surface area contributed by atoms with Crippen LogP contribution in [0.3, 0.4) is 0 Å². The average molecular weight is 320 g/mol. The molecule has 1 N–H and O–H groups in total. The summed E-state index contributed by atoms with van der Waals surface area (Å²) >= 11 is 12.0. The molecule has 1 unspecified atom stereocenters. The van der Waals surface area contributed by atoms with Gasteiger partial charge in [0.15, 0.2) is 0 Å². The maximum absolute atomic E-state index is 12.1. The summed E-state index contributed by atoms with van der Waals surface area (Å²) in [4.78, 5) is 12.1. The Morgan fingerprint density at radius 1 is 1.30 bits per heavy atom. The highest BCUT2D eigenvalue weighted by molar-refractivity contribution is 6.42. The highest BCUT2D eigenvalue weighted by Crippen LogP contribution is 2.34. The van der Waals surface area contributed by atoms with Gasteiger partial charge < -0.3 is 14.8 Å². The molecule has 1 aromatic rings. The van der Waals surface area contributed by atoms with E-state index >= 15 is 0 Å². The van der Waals surface area contributed by atoms with Gasteiger partial charge in [-0.2, -0.15) is 0 Å². The minimum atomic E-state index is -0.625. The molecule has 0 radical (unpaired) electrons. The lowest BCUT2D eigenvalue weighted by Gasteiger charge is -2.20. The molecule has 0 aliphatic rings. The molecule has 112 valence electrons. The van der Waals surface area contributed by atoms with E-state index < -0.39 is 6.04 Å². The van der Waals surface area contributed by atoms with Gasteiger partial charge in [0, 0.05) is 11.6 Å². The number of esters is 1. The first-order valence-electron chi connectivity index (χ1n) is 6.48. The lowest BCUT2D eigenvalue weighted by molar-refractivity contribution is -0.145. The standard InChI is InChI=1S/C14H19Cl2NO3/c1-4-6-17-13(14(18)20-5-2)9-7-10(15)11(16)8-12(9)19-3/h7-8,13,17H,4-6H2,1-3H3. The Balaban J connectivity index is 3.17. The molecule has 0 fully saturated rings. The van der Waals surface area contributed by atoms with E-state index in [1.165, 1.54) is 7.11 Å². The minimum absolute atomic E-state index is 0.312. The summed E-state index contributed by atoms with van der Waals surface area (Å²) in [5.74, 6) is 0.138. The zero-order chi connectivity index (χ0) is 15.1. The fourth-order valence-electron chi connectivity index (χ4n) is 1.78. The van der Waals surface area contributed by atoms with Crippen LogP contribution in [0.5, 0.6) is 5.75 Å². The van der Waals surface area contributed by atoms with Crippen LogP contribution >= 0.6 is 23.2 Å².